The number of oxime groups is 2. The second kappa shape index (κ2) is 18.9. The number of benzene rings is 2. The van der Waals surface area contributed by atoms with Crippen LogP contribution in [-0.4, -0.2) is 79.6 Å². The van der Waals surface area contributed by atoms with Crippen LogP contribution in [0.5, 0.6) is 0 Å². The number of aromatic nitrogens is 4. The van der Waals surface area contributed by atoms with Gasteiger partial charge in [0, 0.05) is 63.8 Å². The maximum Gasteiger partial charge on any atom is 0.152 e. The highest BCUT2D eigenvalue weighted by Gasteiger charge is 2.35. The van der Waals surface area contributed by atoms with Gasteiger partial charge < -0.3 is 15.0 Å². The van der Waals surface area contributed by atoms with Gasteiger partial charge in [0.2, 0.25) is 0 Å². The molecule has 0 aliphatic carbocycles. The standard InChI is InChI=1S/C23H24N4O.C10H14N4O.CH3I/c1-18(15-22-24-13-8-14-25-22)26-28-21-16-27(17-21)23(19-9-4-2-5-10-19)20-11-6-3-7-12-20;1-8(14-15-9-6-11-7-9)5-10-12-3-2-4-13-10;1-2/h2-14,21,23H,15-17H2,1H3;2-4,9,11H,5-7H2,1H3;1H3/b26-18+;14-8+;. The average Bonchev–Trinajstić information content (AvgIpc) is 3.04. The van der Waals surface area contributed by atoms with E-state index in [0.29, 0.717) is 12.8 Å². The summed E-state index contributed by atoms with van der Waals surface area (Å²) in [5.74, 6) is 1.53. The molecule has 0 unspecified atom stereocenters. The number of hydrogen-bond acceptors (Lipinski definition) is 10. The number of nitrogens with one attached hydrogen (secondary N) is 1. The van der Waals surface area contributed by atoms with Crippen LogP contribution in [0.25, 0.3) is 0 Å². The first-order valence-corrected chi connectivity index (χ1v) is 17.1. The van der Waals surface area contributed by atoms with Crippen molar-refractivity contribution in [3.8, 4) is 0 Å². The molecule has 0 saturated carbocycles. The van der Waals surface area contributed by atoms with E-state index in [1.165, 1.54) is 11.1 Å². The zero-order valence-corrected chi connectivity index (χ0v) is 28.2. The fraction of sp³-hybridized carbons (Fsp3) is 0.353. The molecule has 6 rings (SSSR count). The van der Waals surface area contributed by atoms with Gasteiger partial charge in [0.15, 0.2) is 12.2 Å². The van der Waals surface area contributed by atoms with Gasteiger partial charge in [0.25, 0.3) is 0 Å². The Morgan fingerprint density at radius 3 is 1.53 bits per heavy atom. The van der Waals surface area contributed by atoms with Gasteiger partial charge in [-0.3, -0.25) is 4.90 Å². The molecule has 2 aliphatic rings. The van der Waals surface area contributed by atoms with E-state index in [9.17, 15) is 0 Å². The van der Waals surface area contributed by atoms with Gasteiger partial charge in [-0.25, -0.2) is 19.9 Å². The van der Waals surface area contributed by atoms with E-state index in [1.54, 1.807) is 30.9 Å². The van der Waals surface area contributed by atoms with E-state index in [0.717, 1.165) is 49.3 Å². The third-order valence-electron chi connectivity index (χ3n) is 7.00. The van der Waals surface area contributed by atoms with Crippen LogP contribution < -0.4 is 5.32 Å². The number of alkyl halides is 1. The monoisotopic (exact) mass is 720 g/mol. The van der Waals surface area contributed by atoms with Gasteiger partial charge in [0.1, 0.15) is 11.6 Å². The summed E-state index contributed by atoms with van der Waals surface area (Å²) in [5.41, 5.74) is 4.38. The highest BCUT2D eigenvalue weighted by atomic mass is 127. The molecular weight excluding hydrogens is 679 g/mol. The Morgan fingerprint density at radius 2 is 1.13 bits per heavy atom. The van der Waals surface area contributed by atoms with Gasteiger partial charge in [-0.1, -0.05) is 93.6 Å². The van der Waals surface area contributed by atoms with Crippen molar-refractivity contribution < 1.29 is 9.68 Å². The molecule has 45 heavy (non-hydrogen) atoms. The number of halogens is 1. The zero-order chi connectivity index (χ0) is 31.7. The van der Waals surface area contributed by atoms with E-state index in [4.69, 9.17) is 9.68 Å². The number of likely N-dealkylation sites (tertiary alicyclic amines) is 1. The van der Waals surface area contributed by atoms with Gasteiger partial charge in [0.05, 0.1) is 17.5 Å². The van der Waals surface area contributed by atoms with Crippen molar-refractivity contribution in [2.45, 2.75) is 44.9 Å². The van der Waals surface area contributed by atoms with Crippen LogP contribution in [0.4, 0.5) is 0 Å². The Hall–Kier alpha value is -3.81. The predicted molar refractivity (Wildman–Crippen MR) is 187 cm³/mol. The molecule has 2 saturated heterocycles. The molecule has 10 nitrogen and oxygen atoms in total. The Kier molecular flexibility index (Phi) is 14.3. The van der Waals surface area contributed by atoms with E-state index >= 15 is 0 Å². The maximum absolute atomic E-state index is 5.75. The molecule has 0 bridgehead atoms. The molecule has 0 radical (unpaired) electrons. The molecule has 0 atom stereocenters. The molecule has 2 aromatic heterocycles. The minimum Gasteiger partial charge on any atom is -0.390 e. The van der Waals surface area contributed by atoms with Crippen LogP contribution in [0.3, 0.4) is 0 Å². The fourth-order valence-electron chi connectivity index (χ4n) is 4.66. The molecular formula is C34H41IN8O2. The van der Waals surface area contributed by atoms with E-state index < -0.39 is 0 Å². The van der Waals surface area contributed by atoms with Crippen molar-refractivity contribution in [3.05, 3.63) is 120 Å². The minimum atomic E-state index is 0.113. The Morgan fingerprint density at radius 1 is 0.711 bits per heavy atom. The first-order valence-electron chi connectivity index (χ1n) is 15.0. The second-order valence-corrected chi connectivity index (χ2v) is 10.6. The lowest BCUT2D eigenvalue weighted by Crippen LogP contribution is -2.53. The summed E-state index contributed by atoms with van der Waals surface area (Å²) in [5, 5.41) is 11.4. The Labute approximate surface area is 279 Å². The van der Waals surface area contributed by atoms with Crippen LogP contribution in [0, 0.1) is 0 Å². The molecule has 2 aromatic carbocycles. The third-order valence-corrected chi connectivity index (χ3v) is 7.00. The highest BCUT2D eigenvalue weighted by Crippen LogP contribution is 2.33. The fourth-order valence-corrected chi connectivity index (χ4v) is 4.66. The first kappa shape index (κ1) is 34.1. The predicted octanol–water partition coefficient (Wildman–Crippen LogP) is 5.32. The van der Waals surface area contributed by atoms with Gasteiger partial charge >= 0.3 is 0 Å². The Bertz CT molecular complexity index is 1400. The van der Waals surface area contributed by atoms with Crippen molar-refractivity contribution in [2.24, 2.45) is 10.3 Å². The SMILES string of the molecule is C/C(Cc1ncccn1)=N\OC1CN(C(c2ccccc2)c2ccccc2)C1.C/C(Cc1ncccn1)=N\OC1CNC1.CI. The summed E-state index contributed by atoms with van der Waals surface area (Å²) in [7, 11) is 0. The van der Waals surface area contributed by atoms with Crippen molar-refractivity contribution in [3.63, 3.8) is 0 Å². The molecule has 236 valence electrons. The van der Waals surface area contributed by atoms with E-state index in [1.807, 2.05) is 24.8 Å². The van der Waals surface area contributed by atoms with Crippen molar-refractivity contribution >= 4 is 34.0 Å². The van der Waals surface area contributed by atoms with Crippen LogP contribution >= 0.6 is 22.6 Å². The summed E-state index contributed by atoms with van der Waals surface area (Å²) in [6, 6.07) is 25.1. The smallest absolute Gasteiger partial charge is 0.152 e. The average molecular weight is 721 g/mol. The summed E-state index contributed by atoms with van der Waals surface area (Å²) >= 11 is 2.15. The maximum atomic E-state index is 5.75. The Balaban J connectivity index is 0.000000228. The summed E-state index contributed by atoms with van der Waals surface area (Å²) in [6.07, 6.45) is 8.53. The van der Waals surface area contributed by atoms with E-state index in [2.05, 4.69) is 124 Å². The van der Waals surface area contributed by atoms with E-state index in [-0.39, 0.29) is 18.2 Å². The quantitative estimate of drug-likeness (QED) is 0.0961. The van der Waals surface area contributed by atoms with Crippen LogP contribution in [-0.2, 0) is 22.5 Å². The molecule has 2 aliphatic heterocycles. The molecule has 11 heteroatoms. The summed E-state index contributed by atoms with van der Waals surface area (Å²) in [6.45, 7) is 7.35. The number of nitrogens with zero attached hydrogens (tertiary/aromatic N) is 7. The molecule has 2 fully saturated rings. The van der Waals surface area contributed by atoms with Gasteiger partial charge in [-0.05, 0) is 42.0 Å². The summed E-state index contributed by atoms with van der Waals surface area (Å²) < 4.78 is 0. The molecule has 4 heterocycles. The normalized spacial score (nSPS) is 15.5. The van der Waals surface area contributed by atoms with Crippen LogP contribution in [0.15, 0.2) is 108 Å². The number of rotatable bonds is 11. The molecule has 0 spiro atoms. The third kappa shape index (κ3) is 11.2. The lowest BCUT2D eigenvalue weighted by molar-refractivity contribution is -0.0652. The van der Waals surface area contributed by atoms with Crippen molar-refractivity contribution in [2.75, 3.05) is 31.1 Å². The lowest BCUT2D eigenvalue weighted by Gasteiger charge is -2.43. The molecule has 0 amide bonds. The van der Waals surface area contributed by atoms with Crippen molar-refractivity contribution in [1.82, 2.24) is 30.2 Å². The summed E-state index contributed by atoms with van der Waals surface area (Å²) in [4.78, 5) is 32.1. The molecule has 1 N–H and O–H groups in total. The zero-order valence-electron chi connectivity index (χ0n) is 26.0. The second-order valence-electron chi connectivity index (χ2n) is 10.6. The largest absolute Gasteiger partial charge is 0.390 e. The van der Waals surface area contributed by atoms with Gasteiger partial charge in [-0.2, -0.15) is 0 Å². The molecule has 4 aromatic rings. The van der Waals surface area contributed by atoms with Crippen LogP contribution in [0.1, 0.15) is 42.7 Å². The first-order chi connectivity index (χ1) is 22.1. The minimum absolute atomic E-state index is 0.113. The highest BCUT2D eigenvalue weighted by molar-refractivity contribution is 14.1. The topological polar surface area (TPSA) is 110 Å². The lowest BCUT2D eigenvalue weighted by atomic mass is 9.94. The van der Waals surface area contributed by atoms with Crippen LogP contribution in [0.2, 0.25) is 0 Å². The van der Waals surface area contributed by atoms with Gasteiger partial charge in [-0.15, -0.1) is 0 Å². The number of hydrogen-bond donors (Lipinski definition) is 1. The van der Waals surface area contributed by atoms with Crippen molar-refractivity contribution in [1.29, 1.82) is 0 Å².